The molecule has 1 fully saturated rings. The molecule has 1 heterocycles. The van der Waals surface area contributed by atoms with Crippen LogP contribution in [0.1, 0.15) is 18.9 Å². The Bertz CT molecular complexity index is 514. The van der Waals surface area contributed by atoms with Gasteiger partial charge in [-0.25, -0.2) is 0 Å². The molecule has 0 aliphatic carbocycles. The second kappa shape index (κ2) is 8.81. The molecule has 22 heavy (non-hydrogen) atoms. The zero-order valence-electron chi connectivity index (χ0n) is 13.5. The van der Waals surface area contributed by atoms with E-state index in [0.717, 1.165) is 42.9 Å². The van der Waals surface area contributed by atoms with Gasteiger partial charge in [-0.15, -0.1) is 12.4 Å². The molecule has 1 amide bonds. The highest BCUT2D eigenvalue weighted by Crippen LogP contribution is 2.20. The molecule has 0 radical (unpaired) electrons. The molecule has 0 spiro atoms. The first-order valence-corrected chi connectivity index (χ1v) is 7.40. The molecule has 1 aromatic rings. The fraction of sp³-hybridized carbons (Fsp3) is 0.471. The van der Waals surface area contributed by atoms with Crippen LogP contribution in [0.3, 0.4) is 0 Å². The molecule has 1 aromatic carbocycles. The normalized spacial score (nSPS) is 18.0. The Kier molecular flexibility index (Phi) is 7.42. The zero-order chi connectivity index (χ0) is 15.2. The van der Waals surface area contributed by atoms with Gasteiger partial charge in [0.1, 0.15) is 5.75 Å². The molecule has 1 saturated heterocycles. The molecule has 1 N–H and O–H groups in total. The van der Waals surface area contributed by atoms with Crippen LogP contribution in [0.4, 0.5) is 0 Å². The van der Waals surface area contributed by atoms with Crippen molar-refractivity contribution in [2.45, 2.75) is 13.3 Å². The Balaban J connectivity index is 0.00000242. The standard InChI is InChI=1S/C17H24N2O2.ClH/c1-13(15-4-6-16(21-3)7-5-15)10-17(20)19-9-8-14(12-19)11-18-2;/h4-7,10,14,18H,8-9,11-12H2,1-3H3;1H. The van der Waals surface area contributed by atoms with Crippen molar-refractivity contribution in [1.82, 2.24) is 10.2 Å². The van der Waals surface area contributed by atoms with E-state index in [1.165, 1.54) is 0 Å². The number of carbonyl (C=O) groups excluding carboxylic acids is 1. The molecular formula is C17H25ClN2O2. The van der Waals surface area contributed by atoms with Gasteiger partial charge in [-0.1, -0.05) is 12.1 Å². The van der Waals surface area contributed by atoms with Gasteiger partial charge in [0.25, 0.3) is 0 Å². The third kappa shape index (κ3) is 4.75. The summed E-state index contributed by atoms with van der Waals surface area (Å²) in [4.78, 5) is 14.2. The minimum absolute atomic E-state index is 0. The SMILES string of the molecule is CNCC1CCN(C(=O)C=C(C)c2ccc(OC)cc2)C1.Cl. The van der Waals surface area contributed by atoms with Gasteiger partial charge in [0.15, 0.2) is 0 Å². The van der Waals surface area contributed by atoms with Crippen molar-refractivity contribution in [3.8, 4) is 5.75 Å². The van der Waals surface area contributed by atoms with Gasteiger partial charge in [-0.3, -0.25) is 4.79 Å². The molecule has 1 aliphatic heterocycles. The summed E-state index contributed by atoms with van der Waals surface area (Å²) in [6.07, 6.45) is 2.82. The summed E-state index contributed by atoms with van der Waals surface area (Å²) < 4.78 is 5.15. The number of hydrogen-bond donors (Lipinski definition) is 1. The number of benzene rings is 1. The van der Waals surface area contributed by atoms with E-state index in [1.54, 1.807) is 13.2 Å². The molecule has 4 nitrogen and oxygen atoms in total. The van der Waals surface area contributed by atoms with Gasteiger partial charge in [0, 0.05) is 19.2 Å². The molecule has 0 bridgehead atoms. The Labute approximate surface area is 138 Å². The molecule has 0 saturated carbocycles. The Morgan fingerprint density at radius 2 is 2.09 bits per heavy atom. The molecule has 1 atom stereocenters. The number of nitrogens with one attached hydrogen (secondary N) is 1. The van der Waals surface area contributed by atoms with Crippen LogP contribution in [0.25, 0.3) is 5.57 Å². The molecule has 0 aromatic heterocycles. The van der Waals surface area contributed by atoms with Gasteiger partial charge >= 0.3 is 0 Å². The Hall–Kier alpha value is -1.52. The summed E-state index contributed by atoms with van der Waals surface area (Å²) in [5.41, 5.74) is 2.04. The lowest BCUT2D eigenvalue weighted by atomic mass is 10.1. The number of hydrogen-bond acceptors (Lipinski definition) is 3. The van der Waals surface area contributed by atoms with Crippen molar-refractivity contribution in [3.05, 3.63) is 35.9 Å². The van der Waals surface area contributed by atoms with E-state index in [0.29, 0.717) is 5.92 Å². The van der Waals surface area contributed by atoms with Crippen molar-refractivity contribution in [2.24, 2.45) is 5.92 Å². The van der Waals surface area contributed by atoms with Crippen LogP contribution in [0.5, 0.6) is 5.75 Å². The number of rotatable bonds is 5. The highest BCUT2D eigenvalue weighted by molar-refractivity contribution is 5.95. The first-order valence-electron chi connectivity index (χ1n) is 7.40. The second-order valence-corrected chi connectivity index (χ2v) is 5.55. The average Bonchev–Trinajstić information content (AvgIpc) is 2.96. The van der Waals surface area contributed by atoms with Gasteiger partial charge < -0.3 is 15.0 Å². The second-order valence-electron chi connectivity index (χ2n) is 5.55. The van der Waals surface area contributed by atoms with Crippen LogP contribution in [0.15, 0.2) is 30.3 Å². The van der Waals surface area contributed by atoms with E-state index in [2.05, 4.69) is 5.32 Å². The summed E-state index contributed by atoms with van der Waals surface area (Å²) >= 11 is 0. The fourth-order valence-electron chi connectivity index (χ4n) is 2.70. The fourth-order valence-corrected chi connectivity index (χ4v) is 2.70. The topological polar surface area (TPSA) is 41.6 Å². The Morgan fingerprint density at radius 3 is 2.68 bits per heavy atom. The monoisotopic (exact) mass is 324 g/mol. The van der Waals surface area contributed by atoms with Crippen LogP contribution in [0, 0.1) is 5.92 Å². The lowest BCUT2D eigenvalue weighted by Crippen LogP contribution is -2.29. The van der Waals surface area contributed by atoms with Gasteiger partial charge in [0.2, 0.25) is 5.91 Å². The summed E-state index contributed by atoms with van der Waals surface area (Å²) in [6, 6.07) is 7.78. The predicted molar refractivity (Wildman–Crippen MR) is 92.5 cm³/mol. The number of amides is 1. The molecular weight excluding hydrogens is 300 g/mol. The van der Waals surface area contributed by atoms with E-state index < -0.39 is 0 Å². The largest absolute Gasteiger partial charge is 0.497 e. The van der Waals surface area contributed by atoms with Crippen molar-refractivity contribution in [1.29, 1.82) is 0 Å². The summed E-state index contributed by atoms with van der Waals surface area (Å²) in [7, 11) is 3.61. The molecule has 1 unspecified atom stereocenters. The van der Waals surface area contributed by atoms with E-state index in [1.807, 2.05) is 43.1 Å². The Morgan fingerprint density at radius 1 is 1.41 bits per heavy atom. The highest BCUT2D eigenvalue weighted by atomic mass is 35.5. The number of ether oxygens (including phenoxy) is 1. The minimum Gasteiger partial charge on any atom is -0.497 e. The molecule has 1 aliphatic rings. The van der Waals surface area contributed by atoms with Crippen molar-refractivity contribution >= 4 is 23.9 Å². The maximum Gasteiger partial charge on any atom is 0.246 e. The van der Waals surface area contributed by atoms with Crippen molar-refractivity contribution in [2.75, 3.05) is 33.8 Å². The van der Waals surface area contributed by atoms with Crippen LogP contribution in [-0.2, 0) is 4.79 Å². The van der Waals surface area contributed by atoms with E-state index in [9.17, 15) is 4.79 Å². The number of nitrogens with zero attached hydrogens (tertiary/aromatic N) is 1. The maximum absolute atomic E-state index is 12.3. The van der Waals surface area contributed by atoms with Crippen LogP contribution in [-0.4, -0.2) is 44.6 Å². The van der Waals surface area contributed by atoms with E-state index in [-0.39, 0.29) is 18.3 Å². The van der Waals surface area contributed by atoms with E-state index in [4.69, 9.17) is 4.74 Å². The first kappa shape index (κ1) is 18.5. The third-order valence-electron chi connectivity index (χ3n) is 3.98. The lowest BCUT2D eigenvalue weighted by molar-refractivity contribution is -0.125. The number of carbonyl (C=O) groups is 1. The van der Waals surface area contributed by atoms with Gasteiger partial charge in [0.05, 0.1) is 7.11 Å². The summed E-state index contributed by atoms with van der Waals surface area (Å²) in [6.45, 7) is 4.66. The smallest absolute Gasteiger partial charge is 0.246 e. The number of likely N-dealkylation sites (tertiary alicyclic amines) is 1. The van der Waals surface area contributed by atoms with Crippen LogP contribution < -0.4 is 10.1 Å². The maximum atomic E-state index is 12.3. The lowest BCUT2D eigenvalue weighted by Gasteiger charge is -2.15. The van der Waals surface area contributed by atoms with Gasteiger partial charge in [-0.05, 0) is 56.1 Å². The third-order valence-corrected chi connectivity index (χ3v) is 3.98. The molecule has 2 rings (SSSR count). The quantitative estimate of drug-likeness (QED) is 0.846. The minimum atomic E-state index is 0. The highest BCUT2D eigenvalue weighted by Gasteiger charge is 2.24. The molecule has 5 heteroatoms. The van der Waals surface area contributed by atoms with Crippen molar-refractivity contribution < 1.29 is 9.53 Å². The van der Waals surface area contributed by atoms with Crippen LogP contribution >= 0.6 is 12.4 Å². The zero-order valence-corrected chi connectivity index (χ0v) is 14.3. The average molecular weight is 325 g/mol. The van der Waals surface area contributed by atoms with Crippen LogP contribution in [0.2, 0.25) is 0 Å². The number of methoxy groups -OCH3 is 1. The number of halogens is 1. The number of allylic oxidation sites excluding steroid dienone is 1. The summed E-state index contributed by atoms with van der Waals surface area (Å²) in [5.74, 6) is 1.52. The van der Waals surface area contributed by atoms with Gasteiger partial charge in [-0.2, -0.15) is 0 Å². The molecule has 122 valence electrons. The first-order chi connectivity index (χ1) is 10.1. The summed E-state index contributed by atoms with van der Waals surface area (Å²) in [5, 5.41) is 3.18. The van der Waals surface area contributed by atoms with Crippen molar-refractivity contribution in [3.63, 3.8) is 0 Å². The van der Waals surface area contributed by atoms with E-state index >= 15 is 0 Å². The predicted octanol–water partition coefficient (Wildman–Crippen LogP) is 2.59.